The molecule has 0 radical (unpaired) electrons. The molecule has 0 bridgehead atoms. The molecule has 6 nitrogen and oxygen atoms in total. The number of carbonyl (C=O) groups is 1. The van der Waals surface area contributed by atoms with Crippen molar-refractivity contribution >= 4 is 27.6 Å². The van der Waals surface area contributed by atoms with Gasteiger partial charge in [0.15, 0.2) is 0 Å². The van der Waals surface area contributed by atoms with E-state index >= 15 is 0 Å². The van der Waals surface area contributed by atoms with E-state index in [2.05, 4.69) is 0 Å². The van der Waals surface area contributed by atoms with Crippen LogP contribution in [-0.2, 0) is 14.8 Å². The third-order valence-electron chi connectivity index (χ3n) is 5.66. The summed E-state index contributed by atoms with van der Waals surface area (Å²) in [4.78, 5) is 12.8. The molecule has 0 N–H and O–H groups in total. The van der Waals surface area contributed by atoms with E-state index < -0.39 is 16.0 Å². The van der Waals surface area contributed by atoms with E-state index in [-0.39, 0.29) is 11.5 Å². The number of nitrogens with zero attached hydrogens (tertiary/aromatic N) is 2. The normalized spacial score (nSPS) is 14.6. The fraction of sp³-hybridized carbons (Fsp3) is 0.292. The van der Waals surface area contributed by atoms with Crippen LogP contribution in [-0.4, -0.2) is 43.0 Å². The monoisotopic (exact) mass is 472 g/mol. The molecule has 0 atom stereocenters. The molecule has 8 heteroatoms. The maximum atomic E-state index is 13.1. The molecule has 1 aromatic heterocycles. The van der Waals surface area contributed by atoms with Crippen LogP contribution in [0.1, 0.15) is 35.8 Å². The molecule has 0 aliphatic carbocycles. The summed E-state index contributed by atoms with van der Waals surface area (Å²) in [6.07, 6.45) is 1.75. The fourth-order valence-corrected chi connectivity index (χ4v) is 5.73. The highest BCUT2D eigenvalue weighted by Crippen LogP contribution is 2.32. The SMILES string of the molecule is CCOC(=O)c1cc(-c2ccc(Cl)cc2)n(-c2cccc(S(=O)(=O)N3CCCC3)c2)c1C. The maximum absolute atomic E-state index is 13.1. The lowest BCUT2D eigenvalue weighted by Crippen LogP contribution is -2.27. The zero-order chi connectivity index (χ0) is 22.9. The number of benzene rings is 2. The van der Waals surface area contributed by atoms with Gasteiger partial charge in [-0.3, -0.25) is 0 Å². The first-order chi connectivity index (χ1) is 15.3. The Bertz CT molecular complexity index is 1240. The van der Waals surface area contributed by atoms with Crippen LogP contribution in [0.15, 0.2) is 59.5 Å². The molecule has 4 rings (SSSR count). The zero-order valence-electron chi connectivity index (χ0n) is 18.0. The standard InChI is InChI=1S/C24H25ClN2O4S/c1-3-31-24(28)22-16-23(18-9-11-19(25)12-10-18)27(17(22)2)20-7-6-8-21(15-20)32(29,30)26-13-4-5-14-26/h6-12,15-16H,3-5,13-14H2,1-2H3. The molecule has 2 aromatic carbocycles. The lowest BCUT2D eigenvalue weighted by Gasteiger charge is -2.18. The van der Waals surface area contributed by atoms with E-state index in [0.717, 1.165) is 24.1 Å². The molecule has 0 saturated carbocycles. The van der Waals surface area contributed by atoms with E-state index in [0.29, 0.717) is 35.1 Å². The lowest BCUT2D eigenvalue weighted by molar-refractivity contribution is 0.0525. The minimum Gasteiger partial charge on any atom is -0.462 e. The summed E-state index contributed by atoms with van der Waals surface area (Å²) in [6.45, 7) is 4.93. The minimum absolute atomic E-state index is 0.241. The van der Waals surface area contributed by atoms with Crippen molar-refractivity contribution in [2.75, 3.05) is 19.7 Å². The average molecular weight is 473 g/mol. The smallest absolute Gasteiger partial charge is 0.339 e. The molecular weight excluding hydrogens is 448 g/mol. The zero-order valence-corrected chi connectivity index (χ0v) is 19.6. The van der Waals surface area contributed by atoms with Crippen molar-refractivity contribution in [3.05, 3.63) is 70.9 Å². The number of sulfonamides is 1. The fourth-order valence-electron chi connectivity index (χ4n) is 4.05. The van der Waals surface area contributed by atoms with Crippen LogP contribution in [0.5, 0.6) is 0 Å². The van der Waals surface area contributed by atoms with Crippen LogP contribution in [0.4, 0.5) is 0 Å². The van der Waals surface area contributed by atoms with Gasteiger partial charge < -0.3 is 9.30 Å². The molecule has 0 unspecified atom stereocenters. The quantitative estimate of drug-likeness (QED) is 0.470. The van der Waals surface area contributed by atoms with Crippen molar-refractivity contribution in [1.29, 1.82) is 0 Å². The summed E-state index contributed by atoms with van der Waals surface area (Å²) < 4.78 is 34.9. The van der Waals surface area contributed by atoms with Gasteiger partial charge in [-0.15, -0.1) is 0 Å². The number of ether oxygens (including phenoxy) is 1. The van der Waals surface area contributed by atoms with Gasteiger partial charge in [-0.05, 0) is 68.7 Å². The first-order valence-electron chi connectivity index (χ1n) is 10.6. The Kier molecular flexibility index (Phi) is 6.42. The summed E-state index contributed by atoms with van der Waals surface area (Å²) >= 11 is 6.06. The second-order valence-corrected chi connectivity index (χ2v) is 10.1. The highest BCUT2D eigenvalue weighted by molar-refractivity contribution is 7.89. The summed E-state index contributed by atoms with van der Waals surface area (Å²) in [5.74, 6) is -0.417. The van der Waals surface area contributed by atoms with Crippen molar-refractivity contribution < 1.29 is 17.9 Å². The van der Waals surface area contributed by atoms with Crippen molar-refractivity contribution in [2.24, 2.45) is 0 Å². The summed E-state index contributed by atoms with van der Waals surface area (Å²) in [7, 11) is -3.57. The van der Waals surface area contributed by atoms with E-state index in [1.165, 1.54) is 4.31 Å². The lowest BCUT2D eigenvalue weighted by atomic mass is 10.1. The van der Waals surface area contributed by atoms with Gasteiger partial charge in [0.25, 0.3) is 0 Å². The van der Waals surface area contributed by atoms with Crippen molar-refractivity contribution in [2.45, 2.75) is 31.6 Å². The van der Waals surface area contributed by atoms with Gasteiger partial charge in [-0.1, -0.05) is 29.8 Å². The van der Waals surface area contributed by atoms with Crippen LogP contribution in [0.2, 0.25) is 5.02 Å². The Balaban J connectivity index is 1.87. The predicted octanol–water partition coefficient (Wildman–Crippen LogP) is 5.07. The Morgan fingerprint density at radius 3 is 2.41 bits per heavy atom. The second kappa shape index (κ2) is 9.10. The maximum Gasteiger partial charge on any atom is 0.339 e. The number of hydrogen-bond donors (Lipinski definition) is 0. The molecule has 0 spiro atoms. The molecule has 0 amide bonds. The highest BCUT2D eigenvalue weighted by atomic mass is 35.5. The van der Waals surface area contributed by atoms with Crippen molar-refractivity contribution in [3.63, 3.8) is 0 Å². The summed E-state index contributed by atoms with van der Waals surface area (Å²) in [5.41, 5.74) is 3.36. The molecule has 1 saturated heterocycles. The molecule has 2 heterocycles. The molecular formula is C24H25ClN2O4S. The molecule has 32 heavy (non-hydrogen) atoms. The van der Waals surface area contributed by atoms with Gasteiger partial charge in [-0.25, -0.2) is 13.2 Å². The third-order valence-corrected chi connectivity index (χ3v) is 7.81. The van der Waals surface area contributed by atoms with Crippen LogP contribution in [0, 0.1) is 6.92 Å². The molecule has 3 aromatic rings. The largest absolute Gasteiger partial charge is 0.462 e. The van der Waals surface area contributed by atoms with Crippen LogP contribution >= 0.6 is 11.6 Å². The summed E-state index contributed by atoms with van der Waals surface area (Å²) in [6, 6.07) is 15.9. The van der Waals surface area contributed by atoms with Crippen molar-refractivity contribution in [1.82, 2.24) is 8.87 Å². The Morgan fingerprint density at radius 2 is 1.75 bits per heavy atom. The van der Waals surface area contributed by atoms with Crippen LogP contribution < -0.4 is 0 Å². The predicted molar refractivity (Wildman–Crippen MR) is 125 cm³/mol. The molecule has 1 aliphatic rings. The van der Waals surface area contributed by atoms with E-state index in [4.69, 9.17) is 16.3 Å². The molecule has 1 aliphatic heterocycles. The van der Waals surface area contributed by atoms with Gasteiger partial charge >= 0.3 is 5.97 Å². The Morgan fingerprint density at radius 1 is 1.06 bits per heavy atom. The number of carbonyl (C=O) groups excluding carboxylic acids is 1. The highest BCUT2D eigenvalue weighted by Gasteiger charge is 2.28. The van der Waals surface area contributed by atoms with Gasteiger partial charge in [0, 0.05) is 29.5 Å². The number of halogens is 1. The van der Waals surface area contributed by atoms with Gasteiger partial charge in [0.2, 0.25) is 10.0 Å². The van der Waals surface area contributed by atoms with E-state index in [1.807, 2.05) is 29.7 Å². The van der Waals surface area contributed by atoms with E-state index in [1.54, 1.807) is 43.3 Å². The van der Waals surface area contributed by atoms with Gasteiger partial charge in [0.1, 0.15) is 0 Å². The minimum atomic E-state index is -3.57. The first kappa shape index (κ1) is 22.6. The van der Waals surface area contributed by atoms with E-state index in [9.17, 15) is 13.2 Å². The summed E-state index contributed by atoms with van der Waals surface area (Å²) in [5, 5.41) is 0.605. The molecule has 1 fully saturated rings. The number of rotatable bonds is 6. The Labute approximate surface area is 193 Å². The van der Waals surface area contributed by atoms with Gasteiger partial charge in [-0.2, -0.15) is 4.31 Å². The number of hydrogen-bond acceptors (Lipinski definition) is 4. The number of esters is 1. The van der Waals surface area contributed by atoms with Crippen LogP contribution in [0.25, 0.3) is 16.9 Å². The second-order valence-electron chi connectivity index (χ2n) is 7.70. The number of aromatic nitrogens is 1. The third kappa shape index (κ3) is 4.20. The Hall–Kier alpha value is -2.61. The topological polar surface area (TPSA) is 68.6 Å². The van der Waals surface area contributed by atoms with Crippen molar-refractivity contribution in [3.8, 4) is 16.9 Å². The molecule has 168 valence electrons. The van der Waals surface area contributed by atoms with Gasteiger partial charge in [0.05, 0.1) is 22.8 Å². The van der Waals surface area contributed by atoms with Crippen LogP contribution in [0.3, 0.4) is 0 Å². The average Bonchev–Trinajstić information content (AvgIpc) is 3.43. The first-order valence-corrected chi connectivity index (χ1v) is 12.4.